The Hall–Kier alpha value is -1.88. The van der Waals surface area contributed by atoms with Gasteiger partial charge in [-0.05, 0) is 37.8 Å². The van der Waals surface area contributed by atoms with Crippen molar-refractivity contribution in [2.75, 3.05) is 13.6 Å². The zero-order valence-corrected chi connectivity index (χ0v) is 15.7. The zero-order valence-electron chi connectivity index (χ0n) is 15.7. The molecule has 1 aromatic rings. The molecule has 0 bridgehead atoms. The molecule has 2 N–H and O–H groups in total. The van der Waals surface area contributed by atoms with Gasteiger partial charge >= 0.3 is 0 Å². The lowest BCUT2D eigenvalue weighted by Crippen LogP contribution is -2.51. The molecule has 2 amide bonds. The van der Waals surface area contributed by atoms with Gasteiger partial charge in [-0.1, -0.05) is 38.0 Å². The Morgan fingerprint density at radius 1 is 1.24 bits per heavy atom. The second-order valence-corrected chi connectivity index (χ2v) is 7.54. The molecule has 3 atom stereocenters. The molecule has 0 aromatic heterocycles. The van der Waals surface area contributed by atoms with E-state index < -0.39 is 6.04 Å². The number of nitrogens with one attached hydrogen (secondary N) is 1. The van der Waals surface area contributed by atoms with Crippen LogP contribution in [-0.4, -0.2) is 47.6 Å². The summed E-state index contributed by atoms with van der Waals surface area (Å²) < 4.78 is 0. The molecule has 1 aliphatic rings. The standard InChI is InChI=1S/C20H30N2O3/c1-13(2)18(21-19(24)15-10-8-14(3)9-11-15)20(25)22(4)12-16-6-5-7-17(16)23/h8-11,13,16-18,23H,5-7,12H2,1-4H3,(H,21,24). The number of aliphatic hydroxyl groups is 1. The Balaban J connectivity index is 2.02. The maximum Gasteiger partial charge on any atom is 0.251 e. The molecule has 2 rings (SSSR count). The molecule has 5 nitrogen and oxygen atoms in total. The lowest BCUT2D eigenvalue weighted by atomic mass is 10.0. The number of hydrogen-bond acceptors (Lipinski definition) is 3. The fourth-order valence-electron chi connectivity index (χ4n) is 3.35. The number of carbonyl (C=O) groups is 2. The lowest BCUT2D eigenvalue weighted by Gasteiger charge is -2.29. The summed E-state index contributed by atoms with van der Waals surface area (Å²) in [7, 11) is 1.75. The van der Waals surface area contributed by atoms with Crippen molar-refractivity contribution >= 4 is 11.8 Å². The Kier molecular flexibility index (Phi) is 6.59. The van der Waals surface area contributed by atoms with Crippen LogP contribution in [-0.2, 0) is 4.79 Å². The van der Waals surface area contributed by atoms with Crippen LogP contribution in [0.4, 0.5) is 0 Å². The average Bonchev–Trinajstić information content (AvgIpc) is 2.97. The number of nitrogens with zero attached hydrogens (tertiary/aromatic N) is 1. The first-order valence-electron chi connectivity index (χ1n) is 9.10. The highest BCUT2D eigenvalue weighted by molar-refractivity contribution is 5.97. The van der Waals surface area contributed by atoms with Gasteiger partial charge in [0.25, 0.3) is 5.91 Å². The van der Waals surface area contributed by atoms with E-state index in [4.69, 9.17) is 0 Å². The summed E-state index contributed by atoms with van der Waals surface area (Å²) in [6.45, 7) is 6.35. The SMILES string of the molecule is Cc1ccc(C(=O)NC(C(=O)N(C)CC2CCCC2O)C(C)C)cc1. The molecule has 5 heteroatoms. The van der Waals surface area contributed by atoms with Crippen LogP contribution in [0, 0.1) is 18.8 Å². The minimum Gasteiger partial charge on any atom is -0.393 e. The summed E-state index contributed by atoms with van der Waals surface area (Å²) >= 11 is 0. The molecule has 138 valence electrons. The fourth-order valence-corrected chi connectivity index (χ4v) is 3.35. The van der Waals surface area contributed by atoms with Crippen LogP contribution in [0.25, 0.3) is 0 Å². The van der Waals surface area contributed by atoms with Gasteiger partial charge in [0, 0.05) is 25.1 Å². The van der Waals surface area contributed by atoms with E-state index in [1.165, 1.54) is 0 Å². The number of aryl methyl sites for hydroxylation is 1. The molecule has 25 heavy (non-hydrogen) atoms. The molecule has 0 heterocycles. The summed E-state index contributed by atoms with van der Waals surface area (Å²) in [5.74, 6) is -0.219. The molecule has 0 radical (unpaired) electrons. The van der Waals surface area contributed by atoms with Crippen molar-refractivity contribution < 1.29 is 14.7 Å². The zero-order chi connectivity index (χ0) is 18.6. The number of rotatable bonds is 6. The van der Waals surface area contributed by atoms with E-state index in [1.807, 2.05) is 32.9 Å². The first-order valence-corrected chi connectivity index (χ1v) is 9.10. The van der Waals surface area contributed by atoms with Gasteiger partial charge in [0.1, 0.15) is 6.04 Å². The molecule has 0 saturated heterocycles. The molecule has 1 saturated carbocycles. The highest BCUT2D eigenvalue weighted by Gasteiger charge is 2.31. The highest BCUT2D eigenvalue weighted by Crippen LogP contribution is 2.26. The van der Waals surface area contributed by atoms with Gasteiger partial charge in [-0.2, -0.15) is 0 Å². The number of carbonyl (C=O) groups excluding carboxylic acids is 2. The Morgan fingerprint density at radius 2 is 1.88 bits per heavy atom. The molecule has 1 aromatic carbocycles. The van der Waals surface area contributed by atoms with Crippen LogP contribution >= 0.6 is 0 Å². The van der Waals surface area contributed by atoms with E-state index in [9.17, 15) is 14.7 Å². The summed E-state index contributed by atoms with van der Waals surface area (Å²) in [5.41, 5.74) is 1.64. The summed E-state index contributed by atoms with van der Waals surface area (Å²) in [6.07, 6.45) is 2.44. The van der Waals surface area contributed by atoms with Gasteiger partial charge in [-0.15, -0.1) is 0 Å². The summed E-state index contributed by atoms with van der Waals surface area (Å²) in [5, 5.41) is 12.9. The van der Waals surface area contributed by atoms with Crippen LogP contribution in [0.15, 0.2) is 24.3 Å². The van der Waals surface area contributed by atoms with Crippen molar-refractivity contribution in [3.05, 3.63) is 35.4 Å². The van der Waals surface area contributed by atoms with E-state index in [0.717, 1.165) is 24.8 Å². The van der Waals surface area contributed by atoms with Gasteiger partial charge in [0.15, 0.2) is 0 Å². The van der Waals surface area contributed by atoms with E-state index >= 15 is 0 Å². The van der Waals surface area contributed by atoms with Crippen LogP contribution < -0.4 is 5.32 Å². The minimum atomic E-state index is -0.572. The Labute approximate surface area is 150 Å². The first-order chi connectivity index (χ1) is 11.8. The molecular formula is C20H30N2O3. The average molecular weight is 346 g/mol. The Morgan fingerprint density at radius 3 is 2.40 bits per heavy atom. The Bertz CT molecular complexity index is 597. The second-order valence-electron chi connectivity index (χ2n) is 7.54. The van der Waals surface area contributed by atoms with E-state index in [1.54, 1.807) is 24.1 Å². The third kappa shape index (κ3) is 5.05. The topological polar surface area (TPSA) is 69.6 Å². The number of likely N-dealkylation sites (N-methyl/N-ethyl adjacent to an activating group) is 1. The quantitative estimate of drug-likeness (QED) is 0.831. The van der Waals surface area contributed by atoms with Gasteiger partial charge < -0.3 is 15.3 Å². The molecule has 3 unspecified atom stereocenters. The van der Waals surface area contributed by atoms with Crippen molar-refractivity contribution in [2.24, 2.45) is 11.8 Å². The highest BCUT2D eigenvalue weighted by atomic mass is 16.3. The number of benzene rings is 1. The molecule has 1 fully saturated rings. The number of amides is 2. The molecule has 0 aliphatic heterocycles. The van der Waals surface area contributed by atoms with Gasteiger partial charge in [-0.25, -0.2) is 0 Å². The second kappa shape index (κ2) is 8.48. The number of hydrogen-bond donors (Lipinski definition) is 2. The molecular weight excluding hydrogens is 316 g/mol. The third-order valence-corrected chi connectivity index (χ3v) is 5.04. The maximum absolute atomic E-state index is 12.8. The van der Waals surface area contributed by atoms with Crippen molar-refractivity contribution in [1.29, 1.82) is 0 Å². The van der Waals surface area contributed by atoms with Crippen molar-refractivity contribution in [2.45, 2.75) is 52.2 Å². The summed E-state index contributed by atoms with van der Waals surface area (Å²) in [4.78, 5) is 27.0. The third-order valence-electron chi connectivity index (χ3n) is 5.04. The maximum atomic E-state index is 12.8. The predicted octanol–water partition coefficient (Wildman–Crippen LogP) is 2.37. The van der Waals surface area contributed by atoms with Gasteiger partial charge in [0.2, 0.25) is 5.91 Å². The molecule has 1 aliphatic carbocycles. The van der Waals surface area contributed by atoms with Crippen molar-refractivity contribution in [3.63, 3.8) is 0 Å². The van der Waals surface area contributed by atoms with Crippen LogP contribution in [0.2, 0.25) is 0 Å². The van der Waals surface area contributed by atoms with Crippen molar-refractivity contribution in [3.8, 4) is 0 Å². The van der Waals surface area contributed by atoms with E-state index in [2.05, 4.69) is 5.32 Å². The molecule has 0 spiro atoms. The van der Waals surface area contributed by atoms with Crippen LogP contribution in [0.5, 0.6) is 0 Å². The van der Waals surface area contributed by atoms with E-state index in [0.29, 0.717) is 12.1 Å². The fraction of sp³-hybridized carbons (Fsp3) is 0.600. The van der Waals surface area contributed by atoms with Crippen molar-refractivity contribution in [1.82, 2.24) is 10.2 Å². The smallest absolute Gasteiger partial charge is 0.251 e. The normalized spacial score (nSPS) is 21.2. The monoisotopic (exact) mass is 346 g/mol. The lowest BCUT2D eigenvalue weighted by molar-refractivity contribution is -0.133. The number of aliphatic hydroxyl groups excluding tert-OH is 1. The van der Waals surface area contributed by atoms with Gasteiger partial charge in [-0.3, -0.25) is 9.59 Å². The minimum absolute atomic E-state index is 0.0159. The summed E-state index contributed by atoms with van der Waals surface area (Å²) in [6, 6.07) is 6.73. The van der Waals surface area contributed by atoms with Crippen LogP contribution in [0.3, 0.4) is 0 Å². The van der Waals surface area contributed by atoms with Gasteiger partial charge in [0.05, 0.1) is 6.10 Å². The largest absolute Gasteiger partial charge is 0.393 e. The predicted molar refractivity (Wildman–Crippen MR) is 98.3 cm³/mol. The van der Waals surface area contributed by atoms with Crippen LogP contribution in [0.1, 0.15) is 49.0 Å². The van der Waals surface area contributed by atoms with E-state index in [-0.39, 0.29) is 29.8 Å². The first kappa shape index (κ1) is 19.4.